The molecule has 1 amide bonds. The summed E-state index contributed by atoms with van der Waals surface area (Å²) in [5.74, 6) is 0.621. The van der Waals surface area contributed by atoms with Crippen LogP contribution in [0.1, 0.15) is 23.7 Å². The van der Waals surface area contributed by atoms with Gasteiger partial charge < -0.3 is 9.64 Å². The van der Waals surface area contributed by atoms with Crippen molar-refractivity contribution < 1.29 is 17.9 Å². The molecule has 0 saturated carbocycles. The SMILES string of the molecule is C=CCN(C(=O)c1ccc(OCC(=C)C)cc1)[C@@H]1CCS(=O)(=O)C1. The first-order chi connectivity index (χ1) is 11.3. The molecule has 0 aromatic heterocycles. The Balaban J connectivity index is 2.12. The molecule has 0 radical (unpaired) electrons. The Bertz CT molecular complexity index is 722. The van der Waals surface area contributed by atoms with Crippen LogP contribution >= 0.6 is 0 Å². The standard InChI is InChI=1S/C18H23NO4S/c1-4-10-19(16-9-11-24(21,22)13-16)18(20)15-5-7-17(8-6-15)23-12-14(2)3/h4-8,16H,1-2,9-13H2,3H3/t16-/m1/s1. The van der Waals surface area contributed by atoms with Gasteiger partial charge >= 0.3 is 0 Å². The number of benzene rings is 1. The van der Waals surface area contributed by atoms with Gasteiger partial charge in [-0.1, -0.05) is 12.7 Å². The van der Waals surface area contributed by atoms with Crippen LogP contribution in [0.2, 0.25) is 0 Å². The van der Waals surface area contributed by atoms with Crippen LogP contribution in [-0.2, 0) is 9.84 Å². The predicted molar refractivity (Wildman–Crippen MR) is 95.0 cm³/mol. The number of carbonyl (C=O) groups excluding carboxylic acids is 1. The molecule has 1 saturated heterocycles. The maximum atomic E-state index is 12.7. The first-order valence-electron chi connectivity index (χ1n) is 7.82. The Morgan fingerprint density at radius 1 is 1.38 bits per heavy atom. The highest BCUT2D eigenvalue weighted by atomic mass is 32.2. The van der Waals surface area contributed by atoms with Gasteiger partial charge in [-0.2, -0.15) is 0 Å². The third-order valence-electron chi connectivity index (χ3n) is 3.82. The van der Waals surface area contributed by atoms with Crippen molar-refractivity contribution in [1.82, 2.24) is 4.90 Å². The Kier molecular flexibility index (Phi) is 5.83. The lowest BCUT2D eigenvalue weighted by atomic mass is 10.1. The molecule has 0 unspecified atom stereocenters. The number of nitrogens with zero attached hydrogens (tertiary/aromatic N) is 1. The van der Waals surface area contributed by atoms with Crippen molar-refractivity contribution in [2.24, 2.45) is 0 Å². The highest BCUT2D eigenvalue weighted by Gasteiger charge is 2.34. The molecule has 2 rings (SSSR count). The summed E-state index contributed by atoms with van der Waals surface area (Å²) in [6.45, 7) is 10.1. The summed E-state index contributed by atoms with van der Waals surface area (Å²) in [4.78, 5) is 14.3. The van der Waals surface area contributed by atoms with Crippen molar-refractivity contribution >= 4 is 15.7 Å². The number of amides is 1. The summed E-state index contributed by atoms with van der Waals surface area (Å²) in [5, 5.41) is 0. The second-order valence-corrected chi connectivity index (χ2v) is 8.30. The summed E-state index contributed by atoms with van der Waals surface area (Å²) in [6, 6.07) is 6.55. The molecule has 1 atom stereocenters. The van der Waals surface area contributed by atoms with Crippen molar-refractivity contribution in [1.29, 1.82) is 0 Å². The van der Waals surface area contributed by atoms with E-state index in [0.29, 0.717) is 30.9 Å². The minimum atomic E-state index is -3.05. The van der Waals surface area contributed by atoms with E-state index >= 15 is 0 Å². The zero-order valence-electron chi connectivity index (χ0n) is 13.9. The van der Waals surface area contributed by atoms with E-state index in [4.69, 9.17) is 4.74 Å². The molecule has 1 fully saturated rings. The van der Waals surface area contributed by atoms with E-state index in [1.54, 1.807) is 35.2 Å². The maximum absolute atomic E-state index is 12.7. The van der Waals surface area contributed by atoms with Gasteiger partial charge in [0.25, 0.3) is 5.91 Å². The van der Waals surface area contributed by atoms with E-state index in [-0.39, 0.29) is 23.5 Å². The van der Waals surface area contributed by atoms with E-state index in [0.717, 1.165) is 5.57 Å². The largest absolute Gasteiger partial charge is 0.489 e. The lowest BCUT2D eigenvalue weighted by Gasteiger charge is -2.27. The highest BCUT2D eigenvalue weighted by Crippen LogP contribution is 2.21. The Morgan fingerprint density at radius 3 is 2.54 bits per heavy atom. The first kappa shape index (κ1) is 18.3. The third kappa shape index (κ3) is 4.71. The smallest absolute Gasteiger partial charge is 0.254 e. The Labute approximate surface area is 143 Å². The summed E-state index contributed by atoms with van der Waals surface area (Å²) in [6.07, 6.45) is 2.09. The molecule has 1 aromatic carbocycles. The molecule has 0 bridgehead atoms. The average Bonchev–Trinajstić information content (AvgIpc) is 2.90. The van der Waals surface area contributed by atoms with E-state index in [1.165, 1.54) is 0 Å². The lowest BCUT2D eigenvalue weighted by Crippen LogP contribution is -2.41. The monoisotopic (exact) mass is 349 g/mol. The molecule has 1 aromatic rings. The van der Waals surface area contributed by atoms with Gasteiger partial charge in [0.05, 0.1) is 11.5 Å². The van der Waals surface area contributed by atoms with Crippen LogP contribution in [0.4, 0.5) is 0 Å². The fraction of sp³-hybridized carbons (Fsp3) is 0.389. The quantitative estimate of drug-likeness (QED) is 0.710. The normalized spacial score (nSPS) is 18.8. The van der Waals surface area contributed by atoms with Gasteiger partial charge in [-0.3, -0.25) is 4.79 Å². The zero-order chi connectivity index (χ0) is 17.7. The molecule has 1 aliphatic heterocycles. The summed E-state index contributed by atoms with van der Waals surface area (Å²) >= 11 is 0. The van der Waals surface area contributed by atoms with Crippen molar-refractivity contribution in [2.75, 3.05) is 24.7 Å². The predicted octanol–water partition coefficient (Wildman–Crippen LogP) is 2.46. The van der Waals surface area contributed by atoms with Gasteiger partial charge in [-0.15, -0.1) is 6.58 Å². The number of ether oxygens (including phenoxy) is 1. The number of rotatable bonds is 7. The van der Waals surface area contributed by atoms with Gasteiger partial charge in [0.2, 0.25) is 0 Å². The molecule has 24 heavy (non-hydrogen) atoms. The molecule has 6 heteroatoms. The summed E-state index contributed by atoms with van der Waals surface area (Å²) in [5.41, 5.74) is 1.42. The van der Waals surface area contributed by atoms with Gasteiger partial charge in [0.1, 0.15) is 12.4 Å². The molecule has 0 aliphatic carbocycles. The van der Waals surface area contributed by atoms with Crippen LogP contribution in [0.5, 0.6) is 5.75 Å². The van der Waals surface area contributed by atoms with Gasteiger partial charge in [-0.05, 0) is 43.2 Å². The molecular formula is C18H23NO4S. The topological polar surface area (TPSA) is 63.7 Å². The van der Waals surface area contributed by atoms with Crippen LogP contribution in [0.25, 0.3) is 0 Å². The minimum absolute atomic E-state index is 0.0202. The van der Waals surface area contributed by atoms with Gasteiger partial charge in [0.15, 0.2) is 9.84 Å². The van der Waals surface area contributed by atoms with Crippen molar-refractivity contribution in [3.8, 4) is 5.75 Å². The second kappa shape index (κ2) is 7.66. The highest BCUT2D eigenvalue weighted by molar-refractivity contribution is 7.91. The van der Waals surface area contributed by atoms with E-state index in [2.05, 4.69) is 13.2 Å². The summed E-state index contributed by atoms with van der Waals surface area (Å²) < 4.78 is 28.9. The van der Waals surface area contributed by atoms with Gasteiger partial charge in [0, 0.05) is 18.2 Å². The summed E-state index contributed by atoms with van der Waals surface area (Å²) in [7, 11) is -3.05. The van der Waals surface area contributed by atoms with Crippen LogP contribution in [0.3, 0.4) is 0 Å². The zero-order valence-corrected chi connectivity index (χ0v) is 14.7. The average molecular weight is 349 g/mol. The lowest BCUT2D eigenvalue weighted by molar-refractivity contribution is 0.0720. The number of carbonyl (C=O) groups is 1. The number of hydrogen-bond acceptors (Lipinski definition) is 4. The fourth-order valence-electron chi connectivity index (χ4n) is 2.62. The molecule has 0 spiro atoms. The van der Waals surface area contributed by atoms with Crippen molar-refractivity contribution in [2.45, 2.75) is 19.4 Å². The van der Waals surface area contributed by atoms with Crippen LogP contribution in [-0.4, -0.2) is 49.9 Å². The molecule has 1 heterocycles. The van der Waals surface area contributed by atoms with E-state index in [1.807, 2.05) is 6.92 Å². The second-order valence-electron chi connectivity index (χ2n) is 6.07. The van der Waals surface area contributed by atoms with Gasteiger partial charge in [-0.25, -0.2) is 8.42 Å². The maximum Gasteiger partial charge on any atom is 0.254 e. The molecular weight excluding hydrogens is 326 g/mol. The van der Waals surface area contributed by atoms with Crippen LogP contribution in [0, 0.1) is 0 Å². The first-order valence-corrected chi connectivity index (χ1v) is 9.64. The Hall–Kier alpha value is -2.08. The fourth-order valence-corrected chi connectivity index (χ4v) is 4.35. The van der Waals surface area contributed by atoms with E-state index < -0.39 is 9.84 Å². The van der Waals surface area contributed by atoms with Crippen molar-refractivity contribution in [3.63, 3.8) is 0 Å². The van der Waals surface area contributed by atoms with Crippen molar-refractivity contribution in [3.05, 3.63) is 54.6 Å². The molecule has 1 aliphatic rings. The molecule has 0 N–H and O–H groups in total. The number of hydrogen-bond donors (Lipinski definition) is 0. The van der Waals surface area contributed by atoms with E-state index in [9.17, 15) is 13.2 Å². The Morgan fingerprint density at radius 2 is 2.04 bits per heavy atom. The minimum Gasteiger partial charge on any atom is -0.489 e. The van der Waals surface area contributed by atoms with Crippen LogP contribution in [0.15, 0.2) is 49.1 Å². The van der Waals surface area contributed by atoms with Crippen LogP contribution < -0.4 is 4.74 Å². The number of sulfone groups is 1. The molecule has 5 nitrogen and oxygen atoms in total. The molecule has 130 valence electrons. The third-order valence-corrected chi connectivity index (χ3v) is 5.57.